The summed E-state index contributed by atoms with van der Waals surface area (Å²) in [6.45, 7) is 4.48. The molecule has 21 heavy (non-hydrogen) atoms. The number of oxime groups is 1. The van der Waals surface area contributed by atoms with Gasteiger partial charge in [-0.05, 0) is 31.0 Å². The fourth-order valence-corrected chi connectivity index (χ4v) is 2.10. The Morgan fingerprint density at radius 3 is 2.95 bits per heavy atom. The average molecular weight is 287 g/mol. The molecule has 0 fully saturated rings. The number of nitrogens with two attached hydrogens (primary N) is 1. The largest absolute Gasteiger partial charge is 0.494 e. The number of amidine groups is 1. The van der Waals surface area contributed by atoms with Gasteiger partial charge in [0.2, 0.25) is 0 Å². The summed E-state index contributed by atoms with van der Waals surface area (Å²) in [5.41, 5.74) is 6.25. The predicted molar refractivity (Wildman–Crippen MR) is 83.7 cm³/mol. The molecule has 0 saturated heterocycles. The second-order valence-electron chi connectivity index (χ2n) is 5.68. The Morgan fingerprint density at radius 2 is 2.19 bits per heavy atom. The van der Waals surface area contributed by atoms with Crippen LogP contribution in [-0.4, -0.2) is 22.6 Å². The van der Waals surface area contributed by atoms with E-state index in [0.29, 0.717) is 6.61 Å². The Labute approximate surface area is 124 Å². The number of ether oxygens (including phenoxy) is 1. The molecule has 0 aliphatic heterocycles. The smallest absolute Gasteiger partial charge is 0.144 e. The first kappa shape index (κ1) is 15.1. The molecule has 0 bridgehead atoms. The van der Waals surface area contributed by atoms with Gasteiger partial charge in [-0.15, -0.1) is 0 Å². The lowest BCUT2D eigenvalue weighted by Gasteiger charge is -2.22. The summed E-state index contributed by atoms with van der Waals surface area (Å²) in [6, 6.07) is 9.81. The standard InChI is InChI=1S/C16H21N3O2/c1-16(2,15(17)19-20)8-4-10-21-13-7-6-12-5-3-9-18-14(12)11-13/h3,5-7,9,11,20H,4,8,10H2,1-2H3,(H2,17,19). The van der Waals surface area contributed by atoms with E-state index in [4.69, 9.17) is 15.7 Å². The molecule has 1 aromatic heterocycles. The number of hydrogen-bond donors (Lipinski definition) is 2. The zero-order valence-electron chi connectivity index (χ0n) is 12.4. The Hall–Kier alpha value is -2.30. The summed E-state index contributed by atoms with van der Waals surface area (Å²) in [7, 11) is 0. The van der Waals surface area contributed by atoms with Crippen molar-refractivity contribution in [2.45, 2.75) is 26.7 Å². The molecule has 5 nitrogen and oxygen atoms in total. The molecule has 0 amide bonds. The Kier molecular flexibility index (Phi) is 4.62. The molecule has 0 unspecified atom stereocenters. The average Bonchev–Trinajstić information content (AvgIpc) is 2.50. The zero-order valence-corrected chi connectivity index (χ0v) is 12.4. The van der Waals surface area contributed by atoms with E-state index in [-0.39, 0.29) is 11.3 Å². The SMILES string of the molecule is CC(C)(CCCOc1ccc2cccnc2c1)/C(N)=N/O. The van der Waals surface area contributed by atoms with Gasteiger partial charge in [0.05, 0.1) is 12.1 Å². The Balaban J connectivity index is 1.88. The Morgan fingerprint density at radius 1 is 1.38 bits per heavy atom. The van der Waals surface area contributed by atoms with Crippen molar-refractivity contribution in [1.82, 2.24) is 4.98 Å². The van der Waals surface area contributed by atoms with E-state index in [0.717, 1.165) is 29.5 Å². The van der Waals surface area contributed by atoms with Gasteiger partial charge in [-0.25, -0.2) is 0 Å². The van der Waals surface area contributed by atoms with Gasteiger partial charge in [-0.2, -0.15) is 0 Å². The molecule has 1 aromatic carbocycles. The van der Waals surface area contributed by atoms with Gasteiger partial charge in [0.25, 0.3) is 0 Å². The quantitative estimate of drug-likeness (QED) is 0.281. The van der Waals surface area contributed by atoms with Gasteiger partial charge in [0.1, 0.15) is 11.6 Å². The summed E-state index contributed by atoms with van der Waals surface area (Å²) >= 11 is 0. The molecule has 2 rings (SSSR count). The number of fused-ring (bicyclic) bond motifs is 1. The van der Waals surface area contributed by atoms with Crippen LogP contribution in [0.5, 0.6) is 5.75 Å². The minimum atomic E-state index is -0.330. The van der Waals surface area contributed by atoms with E-state index in [1.54, 1.807) is 6.20 Å². The molecule has 112 valence electrons. The molecule has 0 saturated carbocycles. The molecule has 1 heterocycles. The van der Waals surface area contributed by atoms with Crippen molar-refractivity contribution >= 4 is 16.7 Å². The fraction of sp³-hybridized carbons (Fsp3) is 0.375. The van der Waals surface area contributed by atoms with Crippen molar-refractivity contribution in [3.8, 4) is 5.75 Å². The van der Waals surface area contributed by atoms with Crippen LogP contribution in [0.4, 0.5) is 0 Å². The second kappa shape index (κ2) is 6.43. The molecule has 2 aromatic rings. The number of nitrogens with zero attached hydrogens (tertiary/aromatic N) is 2. The van der Waals surface area contributed by atoms with E-state index < -0.39 is 0 Å². The molecule has 0 aliphatic rings. The number of benzene rings is 1. The number of aromatic nitrogens is 1. The number of hydrogen-bond acceptors (Lipinski definition) is 4. The minimum absolute atomic E-state index is 0.248. The Bertz CT molecular complexity index is 638. The van der Waals surface area contributed by atoms with Crippen molar-refractivity contribution in [2.75, 3.05) is 6.61 Å². The van der Waals surface area contributed by atoms with Crippen molar-refractivity contribution in [3.05, 3.63) is 36.5 Å². The van der Waals surface area contributed by atoms with Crippen LogP contribution < -0.4 is 10.5 Å². The van der Waals surface area contributed by atoms with Crippen LogP contribution in [0.1, 0.15) is 26.7 Å². The van der Waals surface area contributed by atoms with Crippen molar-refractivity contribution in [2.24, 2.45) is 16.3 Å². The molecular weight excluding hydrogens is 266 g/mol. The highest BCUT2D eigenvalue weighted by molar-refractivity contribution is 5.85. The maximum Gasteiger partial charge on any atom is 0.144 e. The van der Waals surface area contributed by atoms with E-state index >= 15 is 0 Å². The summed E-state index contributed by atoms with van der Waals surface area (Å²) in [5, 5.41) is 12.9. The lowest BCUT2D eigenvalue weighted by Crippen LogP contribution is -2.32. The maximum absolute atomic E-state index is 8.73. The maximum atomic E-state index is 8.73. The molecule has 3 N–H and O–H groups in total. The van der Waals surface area contributed by atoms with Crippen LogP contribution in [-0.2, 0) is 0 Å². The monoisotopic (exact) mass is 287 g/mol. The molecule has 0 atom stereocenters. The lowest BCUT2D eigenvalue weighted by molar-refractivity contribution is 0.278. The summed E-state index contributed by atoms with van der Waals surface area (Å²) < 4.78 is 5.74. The third-order valence-electron chi connectivity index (χ3n) is 3.59. The fourth-order valence-electron chi connectivity index (χ4n) is 2.10. The van der Waals surface area contributed by atoms with Crippen LogP contribution in [0, 0.1) is 5.41 Å². The predicted octanol–water partition coefficient (Wildman–Crippen LogP) is 3.17. The first-order chi connectivity index (χ1) is 10.0. The topological polar surface area (TPSA) is 80.7 Å². The second-order valence-corrected chi connectivity index (χ2v) is 5.68. The van der Waals surface area contributed by atoms with Gasteiger partial charge in [0.15, 0.2) is 0 Å². The summed E-state index contributed by atoms with van der Waals surface area (Å²) in [5.74, 6) is 1.06. The van der Waals surface area contributed by atoms with Crippen LogP contribution in [0.3, 0.4) is 0 Å². The van der Waals surface area contributed by atoms with Gasteiger partial charge in [-0.3, -0.25) is 4.98 Å². The highest BCUT2D eigenvalue weighted by atomic mass is 16.5. The third-order valence-corrected chi connectivity index (χ3v) is 3.59. The molecule has 5 heteroatoms. The first-order valence-electron chi connectivity index (χ1n) is 6.98. The van der Waals surface area contributed by atoms with Gasteiger partial charge >= 0.3 is 0 Å². The molecule has 0 aliphatic carbocycles. The number of rotatable bonds is 6. The van der Waals surface area contributed by atoms with Crippen molar-refractivity contribution in [3.63, 3.8) is 0 Å². The highest BCUT2D eigenvalue weighted by Crippen LogP contribution is 2.23. The molecule has 0 spiro atoms. The van der Waals surface area contributed by atoms with Gasteiger partial charge in [-0.1, -0.05) is 25.1 Å². The minimum Gasteiger partial charge on any atom is -0.494 e. The van der Waals surface area contributed by atoms with E-state index in [1.165, 1.54) is 0 Å². The van der Waals surface area contributed by atoms with Gasteiger partial charge in [0, 0.05) is 23.1 Å². The molecule has 0 radical (unpaired) electrons. The van der Waals surface area contributed by atoms with Crippen LogP contribution >= 0.6 is 0 Å². The van der Waals surface area contributed by atoms with Crippen molar-refractivity contribution < 1.29 is 9.94 Å². The van der Waals surface area contributed by atoms with E-state index in [1.807, 2.05) is 44.2 Å². The van der Waals surface area contributed by atoms with Crippen LogP contribution in [0.2, 0.25) is 0 Å². The van der Waals surface area contributed by atoms with Crippen molar-refractivity contribution in [1.29, 1.82) is 0 Å². The van der Waals surface area contributed by atoms with Crippen LogP contribution in [0.25, 0.3) is 10.9 Å². The van der Waals surface area contributed by atoms with E-state index in [9.17, 15) is 0 Å². The highest BCUT2D eigenvalue weighted by Gasteiger charge is 2.22. The molecular formula is C16H21N3O2. The summed E-state index contributed by atoms with van der Waals surface area (Å²) in [6.07, 6.45) is 3.38. The third kappa shape index (κ3) is 3.84. The first-order valence-corrected chi connectivity index (χ1v) is 6.98. The van der Waals surface area contributed by atoms with E-state index in [2.05, 4.69) is 10.1 Å². The lowest BCUT2D eigenvalue weighted by atomic mass is 9.87. The zero-order chi connectivity index (χ0) is 15.3. The van der Waals surface area contributed by atoms with Crippen LogP contribution in [0.15, 0.2) is 41.7 Å². The summed E-state index contributed by atoms with van der Waals surface area (Å²) in [4.78, 5) is 4.30. The number of pyridine rings is 1. The normalized spacial score (nSPS) is 12.6. The van der Waals surface area contributed by atoms with Gasteiger partial charge < -0.3 is 15.7 Å².